The minimum absolute atomic E-state index is 0.0840. The number of hydrazone groups is 1. The molecule has 0 atom stereocenters. The van der Waals surface area contributed by atoms with Crippen molar-refractivity contribution in [2.75, 3.05) is 5.43 Å². The second-order valence-corrected chi connectivity index (χ2v) is 6.21. The molecule has 0 aliphatic rings. The van der Waals surface area contributed by atoms with Crippen molar-refractivity contribution < 1.29 is 9.85 Å². The quantitative estimate of drug-likeness (QED) is 0.441. The summed E-state index contributed by atoms with van der Waals surface area (Å²) in [5.41, 5.74) is 7.15. The zero-order chi connectivity index (χ0) is 20.1. The molecule has 8 heteroatoms. The highest BCUT2D eigenvalue weighted by Gasteiger charge is 2.19. The van der Waals surface area contributed by atoms with Crippen LogP contribution in [-0.4, -0.2) is 15.6 Å². The number of nitrogens with one attached hydrogen (secondary N) is 1. The number of benzene rings is 2. The summed E-state index contributed by atoms with van der Waals surface area (Å²) in [5.74, 6) is 0. The fraction of sp³-hybridized carbons (Fsp3) is 0.211. The number of rotatable bonds is 6. The summed E-state index contributed by atoms with van der Waals surface area (Å²) in [4.78, 5) is 20.5. The first-order chi connectivity index (χ1) is 12.7. The average molecular weight is 368 g/mol. The average Bonchev–Trinajstić information content (AvgIpc) is 2.61. The van der Waals surface area contributed by atoms with Gasteiger partial charge in [0.15, 0.2) is 0 Å². The third-order valence-corrected chi connectivity index (χ3v) is 4.13. The van der Waals surface area contributed by atoms with Gasteiger partial charge >= 0.3 is 5.69 Å². The van der Waals surface area contributed by atoms with Crippen LogP contribution >= 0.6 is 0 Å². The first-order valence-corrected chi connectivity index (χ1v) is 8.18. The van der Waals surface area contributed by atoms with Gasteiger partial charge in [0, 0.05) is 6.07 Å². The van der Waals surface area contributed by atoms with E-state index in [2.05, 4.69) is 29.6 Å². The van der Waals surface area contributed by atoms with Crippen LogP contribution in [-0.2, 0) is 0 Å². The van der Waals surface area contributed by atoms with Gasteiger partial charge in [-0.25, -0.2) is 0 Å². The Bertz CT molecular complexity index is 964. The van der Waals surface area contributed by atoms with Gasteiger partial charge in [-0.15, -0.1) is 0 Å². The van der Waals surface area contributed by atoms with Crippen molar-refractivity contribution in [3.63, 3.8) is 0 Å². The molecule has 2 aromatic rings. The van der Waals surface area contributed by atoms with Crippen LogP contribution in [0, 0.1) is 41.0 Å². The van der Waals surface area contributed by atoms with E-state index in [9.17, 15) is 20.2 Å². The second kappa shape index (κ2) is 8.22. The van der Waals surface area contributed by atoms with Crippen molar-refractivity contribution >= 4 is 28.8 Å². The Balaban J connectivity index is 2.22. The van der Waals surface area contributed by atoms with Gasteiger partial charge in [0.05, 0.1) is 21.6 Å². The normalized spacial score (nSPS) is 11.6. The zero-order valence-corrected chi connectivity index (χ0v) is 15.5. The highest BCUT2D eigenvalue weighted by atomic mass is 16.6. The molecule has 0 saturated carbocycles. The van der Waals surface area contributed by atoms with Crippen LogP contribution in [0.2, 0.25) is 0 Å². The topological polar surface area (TPSA) is 111 Å². The molecule has 0 unspecified atom stereocenters. The summed E-state index contributed by atoms with van der Waals surface area (Å²) in [5, 5.41) is 26.0. The van der Waals surface area contributed by atoms with Gasteiger partial charge in [0.1, 0.15) is 5.69 Å². The number of nitrogens with zero attached hydrogens (tertiary/aromatic N) is 3. The Morgan fingerprint density at radius 1 is 1.00 bits per heavy atom. The first kappa shape index (κ1) is 19.8. The van der Waals surface area contributed by atoms with Crippen molar-refractivity contribution in [1.82, 2.24) is 0 Å². The molecule has 27 heavy (non-hydrogen) atoms. The van der Waals surface area contributed by atoms with Gasteiger partial charge < -0.3 is 0 Å². The Labute approximate surface area is 156 Å². The number of non-ortho nitro benzene ring substituents is 1. The van der Waals surface area contributed by atoms with E-state index in [0.717, 1.165) is 17.2 Å². The number of nitro groups is 2. The van der Waals surface area contributed by atoms with Gasteiger partial charge in [-0.05, 0) is 62.1 Å². The monoisotopic (exact) mass is 368 g/mol. The number of aryl methyl sites for hydroxylation is 3. The van der Waals surface area contributed by atoms with E-state index < -0.39 is 15.5 Å². The fourth-order valence-electron chi connectivity index (χ4n) is 2.44. The molecule has 0 radical (unpaired) electrons. The van der Waals surface area contributed by atoms with Crippen LogP contribution in [0.5, 0.6) is 0 Å². The lowest BCUT2D eigenvalue weighted by molar-refractivity contribution is -0.393. The molecule has 1 N–H and O–H groups in total. The molecule has 0 aliphatic carbocycles. The summed E-state index contributed by atoms with van der Waals surface area (Å²) < 4.78 is 0. The highest BCUT2D eigenvalue weighted by Crippen LogP contribution is 2.28. The van der Waals surface area contributed by atoms with E-state index in [0.29, 0.717) is 5.71 Å². The molecule has 140 valence electrons. The van der Waals surface area contributed by atoms with Crippen LogP contribution < -0.4 is 5.43 Å². The molecule has 0 aliphatic heterocycles. The van der Waals surface area contributed by atoms with Crippen molar-refractivity contribution in [3.05, 3.63) is 78.9 Å². The van der Waals surface area contributed by atoms with Crippen LogP contribution in [0.3, 0.4) is 0 Å². The molecular weight excluding hydrogens is 348 g/mol. The number of allylic oxidation sites excluding steroid dienone is 1. The van der Waals surface area contributed by atoms with Crippen molar-refractivity contribution in [3.8, 4) is 0 Å². The molecule has 0 saturated heterocycles. The molecule has 0 aromatic heterocycles. The standard InChI is InChI=1S/C19H20N4O4/c1-12-9-14(3)16(10-13(12)2)6-5-15(4)20-21-18-8-7-17(22(24)25)11-19(18)23(26)27/h5-11,21H,1-4H3/b6-5+,20-15+. The predicted octanol–water partition coefficient (Wildman–Crippen LogP) is 4.93. The Morgan fingerprint density at radius 3 is 2.30 bits per heavy atom. The van der Waals surface area contributed by atoms with Crippen LogP contribution in [0.25, 0.3) is 6.08 Å². The lowest BCUT2D eigenvalue weighted by atomic mass is 10.0. The number of hydrogen-bond donors (Lipinski definition) is 1. The fourth-order valence-corrected chi connectivity index (χ4v) is 2.44. The third-order valence-electron chi connectivity index (χ3n) is 4.13. The largest absolute Gasteiger partial charge is 0.301 e. The van der Waals surface area contributed by atoms with E-state index in [4.69, 9.17) is 0 Å². The molecule has 8 nitrogen and oxygen atoms in total. The molecule has 2 rings (SSSR count). The summed E-state index contributed by atoms with van der Waals surface area (Å²) in [6.45, 7) is 7.88. The van der Waals surface area contributed by atoms with Crippen molar-refractivity contribution in [2.24, 2.45) is 5.10 Å². The zero-order valence-electron chi connectivity index (χ0n) is 15.5. The summed E-state index contributed by atoms with van der Waals surface area (Å²) in [6, 6.07) is 7.56. The molecule has 0 fully saturated rings. The molecule has 0 bridgehead atoms. The van der Waals surface area contributed by atoms with Crippen LogP contribution in [0.4, 0.5) is 17.1 Å². The van der Waals surface area contributed by atoms with Gasteiger partial charge in [-0.2, -0.15) is 5.10 Å². The molecule has 0 spiro atoms. The van der Waals surface area contributed by atoms with E-state index in [1.807, 2.05) is 19.9 Å². The van der Waals surface area contributed by atoms with E-state index in [1.54, 1.807) is 13.0 Å². The maximum atomic E-state index is 11.1. The van der Waals surface area contributed by atoms with Gasteiger partial charge in [-0.1, -0.05) is 18.2 Å². The SMILES string of the molecule is CC(/C=C/c1cc(C)c(C)cc1C)=N\Nc1ccc([N+](=O)[O-])cc1[N+](=O)[O-]. The van der Waals surface area contributed by atoms with E-state index in [-0.39, 0.29) is 11.4 Å². The van der Waals surface area contributed by atoms with Crippen molar-refractivity contribution in [2.45, 2.75) is 27.7 Å². The third kappa shape index (κ3) is 4.97. The lowest BCUT2D eigenvalue weighted by Crippen LogP contribution is -2.00. The minimum atomic E-state index is -0.686. The first-order valence-electron chi connectivity index (χ1n) is 8.18. The highest BCUT2D eigenvalue weighted by molar-refractivity contribution is 5.97. The lowest BCUT2D eigenvalue weighted by Gasteiger charge is -2.06. The number of hydrogen-bond acceptors (Lipinski definition) is 6. The van der Waals surface area contributed by atoms with Crippen LogP contribution in [0.15, 0.2) is 41.5 Å². The van der Waals surface area contributed by atoms with E-state index in [1.165, 1.54) is 23.3 Å². The number of anilines is 1. The Hall–Kier alpha value is -3.55. The molecular formula is C19H20N4O4. The molecule has 2 aromatic carbocycles. The number of nitro benzene ring substituents is 2. The Morgan fingerprint density at radius 2 is 1.67 bits per heavy atom. The van der Waals surface area contributed by atoms with Crippen molar-refractivity contribution in [1.29, 1.82) is 0 Å². The van der Waals surface area contributed by atoms with Crippen LogP contribution in [0.1, 0.15) is 29.2 Å². The maximum Gasteiger partial charge on any atom is 0.301 e. The summed E-state index contributed by atoms with van der Waals surface area (Å²) in [6.07, 6.45) is 3.72. The second-order valence-electron chi connectivity index (χ2n) is 6.21. The Kier molecular flexibility index (Phi) is 6.02. The van der Waals surface area contributed by atoms with Gasteiger partial charge in [0.25, 0.3) is 5.69 Å². The van der Waals surface area contributed by atoms with E-state index >= 15 is 0 Å². The molecule has 0 amide bonds. The summed E-state index contributed by atoms with van der Waals surface area (Å²) >= 11 is 0. The maximum absolute atomic E-state index is 11.1. The van der Waals surface area contributed by atoms with Gasteiger partial charge in [0.2, 0.25) is 0 Å². The predicted molar refractivity (Wildman–Crippen MR) is 106 cm³/mol. The smallest absolute Gasteiger partial charge is 0.271 e. The minimum Gasteiger partial charge on any atom is -0.271 e. The molecule has 0 heterocycles. The van der Waals surface area contributed by atoms with Gasteiger partial charge in [-0.3, -0.25) is 25.7 Å². The summed E-state index contributed by atoms with van der Waals surface area (Å²) in [7, 11) is 0.